The Balaban J connectivity index is 2.24. The first kappa shape index (κ1) is 9.79. The minimum absolute atomic E-state index is 0.102. The summed E-state index contributed by atoms with van der Waals surface area (Å²) >= 11 is 0. The number of allylic oxidation sites excluding steroid dienone is 1. The van der Waals surface area contributed by atoms with Crippen molar-refractivity contribution >= 4 is 0 Å². The fourth-order valence-corrected chi connectivity index (χ4v) is 2.14. The molecule has 1 aliphatic rings. The van der Waals surface area contributed by atoms with E-state index in [2.05, 4.69) is 6.58 Å². The zero-order valence-electron chi connectivity index (χ0n) is 8.00. The number of aliphatic hydroxyl groups excluding tert-OH is 1. The molecule has 12 heavy (non-hydrogen) atoms. The number of hydrogen-bond donors (Lipinski definition) is 1. The maximum absolute atomic E-state index is 9.37. The van der Waals surface area contributed by atoms with Crippen molar-refractivity contribution in [3.05, 3.63) is 12.7 Å². The monoisotopic (exact) mass is 168 g/mol. The molecule has 0 aromatic rings. The van der Waals surface area contributed by atoms with Crippen molar-refractivity contribution in [2.75, 3.05) is 0 Å². The SMILES string of the molecule is C=CCC1CCC(C(C)O)CC1. The highest BCUT2D eigenvalue weighted by Crippen LogP contribution is 2.32. The molecule has 1 atom stereocenters. The Hall–Kier alpha value is -0.300. The minimum Gasteiger partial charge on any atom is -0.393 e. The quantitative estimate of drug-likeness (QED) is 0.642. The maximum atomic E-state index is 9.37. The third-order valence-electron chi connectivity index (χ3n) is 3.07. The summed E-state index contributed by atoms with van der Waals surface area (Å²) in [7, 11) is 0. The average Bonchev–Trinajstić information content (AvgIpc) is 2.06. The first-order valence-electron chi connectivity index (χ1n) is 5.03. The van der Waals surface area contributed by atoms with Gasteiger partial charge in [0.1, 0.15) is 0 Å². The van der Waals surface area contributed by atoms with Crippen LogP contribution in [0.3, 0.4) is 0 Å². The van der Waals surface area contributed by atoms with Crippen molar-refractivity contribution < 1.29 is 5.11 Å². The maximum Gasteiger partial charge on any atom is 0.0540 e. The highest BCUT2D eigenvalue weighted by atomic mass is 16.3. The highest BCUT2D eigenvalue weighted by Gasteiger charge is 2.22. The predicted molar refractivity (Wildman–Crippen MR) is 51.9 cm³/mol. The molecule has 0 aromatic heterocycles. The molecule has 1 nitrogen and oxygen atoms in total. The number of aliphatic hydroxyl groups is 1. The van der Waals surface area contributed by atoms with E-state index in [4.69, 9.17) is 0 Å². The summed E-state index contributed by atoms with van der Waals surface area (Å²) in [5.41, 5.74) is 0. The molecule has 0 aromatic carbocycles. The van der Waals surface area contributed by atoms with Crippen LogP contribution in [0.25, 0.3) is 0 Å². The van der Waals surface area contributed by atoms with Gasteiger partial charge in [-0.05, 0) is 50.9 Å². The molecule has 0 bridgehead atoms. The summed E-state index contributed by atoms with van der Waals surface area (Å²) in [5, 5.41) is 9.37. The predicted octanol–water partition coefficient (Wildman–Crippen LogP) is 2.75. The first-order valence-corrected chi connectivity index (χ1v) is 5.03. The van der Waals surface area contributed by atoms with Gasteiger partial charge in [-0.25, -0.2) is 0 Å². The third kappa shape index (κ3) is 2.63. The normalized spacial score (nSPS) is 32.8. The minimum atomic E-state index is -0.102. The van der Waals surface area contributed by atoms with Gasteiger partial charge in [-0.2, -0.15) is 0 Å². The van der Waals surface area contributed by atoms with E-state index in [1.165, 1.54) is 25.7 Å². The van der Waals surface area contributed by atoms with Crippen LogP contribution < -0.4 is 0 Å². The molecule has 1 aliphatic carbocycles. The molecular weight excluding hydrogens is 148 g/mol. The molecular formula is C11H20O. The van der Waals surface area contributed by atoms with Crippen molar-refractivity contribution in [2.24, 2.45) is 11.8 Å². The Morgan fingerprint density at radius 2 is 2.00 bits per heavy atom. The zero-order chi connectivity index (χ0) is 8.97. The van der Waals surface area contributed by atoms with Gasteiger partial charge < -0.3 is 5.11 Å². The lowest BCUT2D eigenvalue weighted by molar-refractivity contribution is 0.0890. The van der Waals surface area contributed by atoms with Gasteiger partial charge in [0.25, 0.3) is 0 Å². The van der Waals surface area contributed by atoms with Gasteiger partial charge in [0, 0.05) is 0 Å². The summed E-state index contributed by atoms with van der Waals surface area (Å²) in [6.45, 7) is 5.67. The topological polar surface area (TPSA) is 20.2 Å². The Labute approximate surface area is 75.5 Å². The van der Waals surface area contributed by atoms with Crippen molar-refractivity contribution in [3.8, 4) is 0 Å². The van der Waals surface area contributed by atoms with Gasteiger partial charge in [0.15, 0.2) is 0 Å². The van der Waals surface area contributed by atoms with E-state index in [1.54, 1.807) is 0 Å². The lowest BCUT2D eigenvalue weighted by atomic mass is 9.78. The van der Waals surface area contributed by atoms with Crippen LogP contribution in [0.2, 0.25) is 0 Å². The number of hydrogen-bond acceptors (Lipinski definition) is 1. The second kappa shape index (κ2) is 4.66. The van der Waals surface area contributed by atoms with Crippen LogP contribution in [0.4, 0.5) is 0 Å². The molecule has 1 rings (SSSR count). The molecule has 0 radical (unpaired) electrons. The molecule has 0 aliphatic heterocycles. The molecule has 1 heteroatoms. The smallest absolute Gasteiger partial charge is 0.0540 e. The Morgan fingerprint density at radius 3 is 2.42 bits per heavy atom. The summed E-state index contributed by atoms with van der Waals surface area (Å²) in [4.78, 5) is 0. The molecule has 1 fully saturated rings. The molecule has 1 saturated carbocycles. The molecule has 1 N–H and O–H groups in total. The fourth-order valence-electron chi connectivity index (χ4n) is 2.14. The van der Waals surface area contributed by atoms with Crippen molar-refractivity contribution in [1.82, 2.24) is 0 Å². The van der Waals surface area contributed by atoms with E-state index in [-0.39, 0.29) is 6.10 Å². The summed E-state index contributed by atoms with van der Waals surface area (Å²) in [6.07, 6.45) is 8.05. The lowest BCUT2D eigenvalue weighted by Gasteiger charge is -2.29. The largest absolute Gasteiger partial charge is 0.393 e. The zero-order valence-corrected chi connectivity index (χ0v) is 8.00. The fraction of sp³-hybridized carbons (Fsp3) is 0.818. The van der Waals surface area contributed by atoms with Crippen LogP contribution in [0.1, 0.15) is 39.0 Å². The Kier molecular flexibility index (Phi) is 3.80. The van der Waals surface area contributed by atoms with Gasteiger partial charge in [-0.15, -0.1) is 6.58 Å². The molecule has 1 unspecified atom stereocenters. The van der Waals surface area contributed by atoms with E-state index in [0.717, 1.165) is 12.3 Å². The first-order chi connectivity index (χ1) is 5.74. The van der Waals surface area contributed by atoms with Crippen LogP contribution in [0, 0.1) is 11.8 Å². The van der Waals surface area contributed by atoms with Gasteiger partial charge in [-0.3, -0.25) is 0 Å². The molecule has 0 saturated heterocycles. The van der Waals surface area contributed by atoms with E-state index >= 15 is 0 Å². The van der Waals surface area contributed by atoms with Gasteiger partial charge in [-0.1, -0.05) is 6.08 Å². The Morgan fingerprint density at radius 1 is 1.42 bits per heavy atom. The summed E-state index contributed by atoms with van der Waals surface area (Å²) in [6, 6.07) is 0. The highest BCUT2D eigenvalue weighted by molar-refractivity contribution is 4.80. The molecule has 0 spiro atoms. The molecule has 0 heterocycles. The van der Waals surface area contributed by atoms with E-state index in [0.29, 0.717) is 5.92 Å². The Bertz CT molecular complexity index is 132. The van der Waals surface area contributed by atoms with Crippen molar-refractivity contribution in [1.29, 1.82) is 0 Å². The van der Waals surface area contributed by atoms with Crippen LogP contribution in [-0.4, -0.2) is 11.2 Å². The van der Waals surface area contributed by atoms with Gasteiger partial charge >= 0.3 is 0 Å². The second-order valence-corrected chi connectivity index (χ2v) is 4.05. The third-order valence-corrected chi connectivity index (χ3v) is 3.07. The van der Waals surface area contributed by atoms with E-state index < -0.39 is 0 Å². The van der Waals surface area contributed by atoms with Gasteiger partial charge in [0.05, 0.1) is 6.10 Å². The lowest BCUT2D eigenvalue weighted by Crippen LogP contribution is -2.23. The molecule has 0 amide bonds. The van der Waals surface area contributed by atoms with Crippen molar-refractivity contribution in [2.45, 2.75) is 45.1 Å². The van der Waals surface area contributed by atoms with E-state index in [1.807, 2.05) is 13.0 Å². The molecule has 70 valence electrons. The van der Waals surface area contributed by atoms with Crippen LogP contribution in [0.15, 0.2) is 12.7 Å². The van der Waals surface area contributed by atoms with Crippen LogP contribution in [-0.2, 0) is 0 Å². The standard InChI is InChI=1S/C11H20O/c1-3-4-10-5-7-11(8-6-10)9(2)12/h3,9-12H,1,4-8H2,2H3. The van der Waals surface area contributed by atoms with E-state index in [9.17, 15) is 5.11 Å². The summed E-state index contributed by atoms with van der Waals surface area (Å²) in [5.74, 6) is 1.41. The van der Waals surface area contributed by atoms with Gasteiger partial charge in [0.2, 0.25) is 0 Å². The average molecular weight is 168 g/mol. The summed E-state index contributed by atoms with van der Waals surface area (Å²) < 4.78 is 0. The van der Waals surface area contributed by atoms with Crippen LogP contribution >= 0.6 is 0 Å². The second-order valence-electron chi connectivity index (χ2n) is 4.05. The van der Waals surface area contributed by atoms with Crippen LogP contribution in [0.5, 0.6) is 0 Å². The van der Waals surface area contributed by atoms with Crippen molar-refractivity contribution in [3.63, 3.8) is 0 Å². The number of rotatable bonds is 3.